The number of aryl methyl sites for hydroxylation is 2. The van der Waals surface area contributed by atoms with Crippen LogP contribution in [0.25, 0.3) is 27.8 Å². The fourth-order valence-electron chi connectivity index (χ4n) is 2.96. The van der Waals surface area contributed by atoms with Crippen molar-refractivity contribution in [2.45, 2.75) is 13.8 Å². The lowest BCUT2D eigenvalue weighted by molar-refractivity contribution is 0.865. The highest BCUT2D eigenvalue weighted by atomic mass is 15.3. The zero-order valence-corrected chi connectivity index (χ0v) is 12.5. The second-order valence-electron chi connectivity index (χ2n) is 5.51. The van der Waals surface area contributed by atoms with E-state index < -0.39 is 0 Å². The quantitative estimate of drug-likeness (QED) is 0.605. The maximum atomic E-state index is 4.56. The minimum atomic E-state index is 0.900. The van der Waals surface area contributed by atoms with Gasteiger partial charge in [0.2, 0.25) is 0 Å². The van der Waals surface area contributed by atoms with Crippen LogP contribution in [0, 0.1) is 13.8 Å². The van der Waals surface area contributed by atoms with Gasteiger partial charge >= 0.3 is 0 Å². The zero-order valence-electron chi connectivity index (χ0n) is 12.5. The van der Waals surface area contributed by atoms with E-state index in [4.69, 9.17) is 0 Å². The van der Waals surface area contributed by atoms with E-state index in [-0.39, 0.29) is 0 Å². The van der Waals surface area contributed by atoms with Gasteiger partial charge in [0.1, 0.15) is 5.65 Å². The Morgan fingerprint density at radius 3 is 2.68 bits per heavy atom. The summed E-state index contributed by atoms with van der Waals surface area (Å²) in [6, 6.07) is 10.4. The number of H-pyrrole nitrogens is 1. The van der Waals surface area contributed by atoms with Gasteiger partial charge in [-0.2, -0.15) is 5.10 Å². The van der Waals surface area contributed by atoms with Crippen molar-refractivity contribution >= 4 is 11.0 Å². The number of para-hydroxylation sites is 1. The third-order valence-corrected chi connectivity index (χ3v) is 4.02. The molecule has 108 valence electrons. The van der Waals surface area contributed by atoms with Gasteiger partial charge in [-0.15, -0.1) is 0 Å². The summed E-state index contributed by atoms with van der Waals surface area (Å²) in [6.07, 6.45) is 7.73. The van der Waals surface area contributed by atoms with Crippen LogP contribution in [0.3, 0.4) is 0 Å². The van der Waals surface area contributed by atoms with Gasteiger partial charge in [0.05, 0.1) is 11.9 Å². The van der Waals surface area contributed by atoms with Gasteiger partial charge in [-0.1, -0.05) is 18.2 Å². The second kappa shape index (κ2) is 4.84. The lowest BCUT2D eigenvalue weighted by atomic mass is 10.1. The van der Waals surface area contributed by atoms with E-state index >= 15 is 0 Å². The smallest absolute Gasteiger partial charge is 0.137 e. The van der Waals surface area contributed by atoms with Crippen molar-refractivity contribution in [1.29, 1.82) is 0 Å². The lowest BCUT2D eigenvalue weighted by Gasteiger charge is -2.09. The standard InChI is InChI=1S/C18H16N4/c1-12-4-3-5-13(2)17(12)22-11-14(10-21-22)15-6-8-19-18-16(15)7-9-20-18/h3-11H,1-2H3,(H,19,20). The van der Waals surface area contributed by atoms with E-state index in [1.807, 2.05) is 35.4 Å². The van der Waals surface area contributed by atoms with Gasteiger partial charge in [-0.05, 0) is 42.7 Å². The molecule has 0 radical (unpaired) electrons. The summed E-state index contributed by atoms with van der Waals surface area (Å²) in [6.45, 7) is 4.22. The molecule has 0 fully saturated rings. The van der Waals surface area contributed by atoms with Crippen LogP contribution in [0.2, 0.25) is 0 Å². The largest absolute Gasteiger partial charge is 0.346 e. The Balaban J connectivity index is 1.87. The average molecular weight is 288 g/mol. The molecule has 0 bridgehead atoms. The first-order chi connectivity index (χ1) is 10.7. The van der Waals surface area contributed by atoms with E-state index in [9.17, 15) is 0 Å². The van der Waals surface area contributed by atoms with E-state index in [0.717, 1.165) is 27.8 Å². The van der Waals surface area contributed by atoms with Crippen molar-refractivity contribution in [3.8, 4) is 16.8 Å². The predicted molar refractivity (Wildman–Crippen MR) is 88.1 cm³/mol. The highest BCUT2D eigenvalue weighted by Crippen LogP contribution is 2.28. The van der Waals surface area contributed by atoms with Crippen LogP contribution < -0.4 is 0 Å². The summed E-state index contributed by atoms with van der Waals surface area (Å²) in [5.74, 6) is 0. The molecule has 0 aliphatic carbocycles. The highest BCUT2D eigenvalue weighted by Gasteiger charge is 2.10. The first-order valence-corrected chi connectivity index (χ1v) is 7.28. The molecule has 3 aromatic heterocycles. The van der Waals surface area contributed by atoms with Gasteiger partial charge in [0.15, 0.2) is 0 Å². The van der Waals surface area contributed by atoms with Crippen molar-refractivity contribution in [3.05, 3.63) is 66.2 Å². The van der Waals surface area contributed by atoms with Crippen molar-refractivity contribution < 1.29 is 0 Å². The summed E-state index contributed by atoms with van der Waals surface area (Å²) in [4.78, 5) is 7.49. The topological polar surface area (TPSA) is 46.5 Å². The summed E-state index contributed by atoms with van der Waals surface area (Å²) < 4.78 is 1.96. The van der Waals surface area contributed by atoms with Crippen LogP contribution in [0.4, 0.5) is 0 Å². The molecule has 4 heteroatoms. The molecule has 0 saturated heterocycles. The average Bonchev–Trinajstić information content (AvgIpc) is 3.15. The molecule has 22 heavy (non-hydrogen) atoms. The van der Waals surface area contributed by atoms with Crippen LogP contribution >= 0.6 is 0 Å². The van der Waals surface area contributed by atoms with Crippen molar-refractivity contribution in [1.82, 2.24) is 19.7 Å². The highest BCUT2D eigenvalue weighted by molar-refractivity contribution is 5.92. The number of nitrogens with one attached hydrogen (secondary N) is 1. The Bertz CT molecular complexity index is 942. The number of rotatable bonds is 2. The maximum absolute atomic E-state index is 4.56. The summed E-state index contributed by atoms with van der Waals surface area (Å²) in [5, 5.41) is 5.68. The number of fused-ring (bicyclic) bond motifs is 1. The number of benzene rings is 1. The SMILES string of the molecule is Cc1cccc(C)c1-n1cc(-c2ccnc3[nH]ccc23)cn1. The number of pyridine rings is 1. The monoisotopic (exact) mass is 288 g/mol. The number of nitrogens with zero attached hydrogens (tertiary/aromatic N) is 3. The third-order valence-electron chi connectivity index (χ3n) is 4.02. The Labute approximate surface area is 128 Å². The maximum Gasteiger partial charge on any atom is 0.137 e. The zero-order chi connectivity index (χ0) is 15.1. The molecule has 4 aromatic rings. The van der Waals surface area contributed by atoms with Gasteiger partial charge in [-0.3, -0.25) is 0 Å². The summed E-state index contributed by atoms with van der Waals surface area (Å²) in [7, 11) is 0. The molecule has 3 heterocycles. The second-order valence-corrected chi connectivity index (χ2v) is 5.51. The number of aromatic amines is 1. The summed E-state index contributed by atoms with van der Waals surface area (Å²) >= 11 is 0. The minimum Gasteiger partial charge on any atom is -0.346 e. The van der Waals surface area contributed by atoms with Gasteiger partial charge in [-0.25, -0.2) is 9.67 Å². The molecule has 0 amide bonds. The molecule has 1 N–H and O–H groups in total. The molecule has 0 spiro atoms. The Kier molecular flexibility index (Phi) is 2.82. The lowest BCUT2D eigenvalue weighted by Crippen LogP contribution is -1.99. The van der Waals surface area contributed by atoms with Crippen LogP contribution in [0.15, 0.2) is 55.1 Å². The molecule has 4 rings (SSSR count). The van der Waals surface area contributed by atoms with Crippen LogP contribution in [0.5, 0.6) is 0 Å². The number of aromatic nitrogens is 4. The van der Waals surface area contributed by atoms with E-state index in [0.29, 0.717) is 0 Å². The Hall–Kier alpha value is -2.88. The predicted octanol–water partition coefficient (Wildman–Crippen LogP) is 4.03. The summed E-state index contributed by atoms with van der Waals surface area (Å²) in [5.41, 5.74) is 6.72. The molecule has 0 aliphatic rings. The first-order valence-electron chi connectivity index (χ1n) is 7.28. The third kappa shape index (κ3) is 1.92. The van der Waals surface area contributed by atoms with Crippen LogP contribution in [-0.4, -0.2) is 19.7 Å². The Morgan fingerprint density at radius 2 is 1.86 bits per heavy atom. The fraction of sp³-hybridized carbons (Fsp3) is 0.111. The molecule has 0 unspecified atom stereocenters. The first kappa shape index (κ1) is 12.8. The van der Waals surface area contributed by atoms with E-state index in [2.05, 4.69) is 53.3 Å². The number of hydrogen-bond acceptors (Lipinski definition) is 2. The molecular formula is C18H16N4. The molecule has 4 nitrogen and oxygen atoms in total. The molecular weight excluding hydrogens is 272 g/mol. The van der Waals surface area contributed by atoms with Crippen molar-refractivity contribution in [3.63, 3.8) is 0 Å². The van der Waals surface area contributed by atoms with Crippen molar-refractivity contribution in [2.24, 2.45) is 0 Å². The van der Waals surface area contributed by atoms with Gasteiger partial charge < -0.3 is 4.98 Å². The van der Waals surface area contributed by atoms with Gasteiger partial charge in [0, 0.05) is 29.5 Å². The molecule has 0 atom stereocenters. The normalized spacial score (nSPS) is 11.2. The van der Waals surface area contributed by atoms with Crippen molar-refractivity contribution in [2.75, 3.05) is 0 Å². The van der Waals surface area contributed by atoms with Crippen LogP contribution in [0.1, 0.15) is 11.1 Å². The molecule has 1 aromatic carbocycles. The fourth-order valence-corrected chi connectivity index (χ4v) is 2.96. The number of hydrogen-bond donors (Lipinski definition) is 1. The Morgan fingerprint density at radius 1 is 1.05 bits per heavy atom. The van der Waals surface area contributed by atoms with E-state index in [1.54, 1.807) is 0 Å². The molecule has 0 aliphatic heterocycles. The van der Waals surface area contributed by atoms with Crippen LogP contribution in [-0.2, 0) is 0 Å². The van der Waals surface area contributed by atoms with E-state index in [1.165, 1.54) is 11.1 Å². The minimum absolute atomic E-state index is 0.900. The molecule has 0 saturated carbocycles. The van der Waals surface area contributed by atoms with Gasteiger partial charge in [0.25, 0.3) is 0 Å².